The predicted molar refractivity (Wildman–Crippen MR) is 109 cm³/mol. The average Bonchev–Trinajstić information content (AvgIpc) is 3.68. The molecular weight excluding hydrogens is 380 g/mol. The van der Waals surface area contributed by atoms with Crippen LogP contribution in [0.25, 0.3) is 16.7 Å². The van der Waals surface area contributed by atoms with Gasteiger partial charge in [-0.05, 0) is 36.3 Å². The fraction of sp³-hybridized carbons (Fsp3) is 0.455. The molecule has 3 fully saturated rings. The molecule has 2 aliphatic carbocycles. The molecule has 0 amide bonds. The lowest BCUT2D eigenvalue weighted by atomic mass is 9.93. The lowest BCUT2D eigenvalue weighted by Gasteiger charge is -2.32. The van der Waals surface area contributed by atoms with Gasteiger partial charge in [0, 0.05) is 24.5 Å². The van der Waals surface area contributed by atoms with Crippen LogP contribution in [0.1, 0.15) is 24.8 Å². The summed E-state index contributed by atoms with van der Waals surface area (Å²) in [4.78, 5) is 11.0. The van der Waals surface area contributed by atoms with Gasteiger partial charge in [0.15, 0.2) is 5.82 Å². The lowest BCUT2D eigenvalue weighted by molar-refractivity contribution is 0.00335. The van der Waals surface area contributed by atoms with E-state index in [-0.39, 0.29) is 23.5 Å². The highest BCUT2D eigenvalue weighted by molar-refractivity contribution is 5.81. The topological polar surface area (TPSA) is 100 Å². The quantitative estimate of drug-likeness (QED) is 0.712. The van der Waals surface area contributed by atoms with Gasteiger partial charge >= 0.3 is 0 Å². The van der Waals surface area contributed by atoms with E-state index in [1.807, 2.05) is 16.9 Å². The minimum atomic E-state index is -0.333. The molecule has 8 nitrogen and oxygen atoms in total. The number of ether oxygens (including phenoxy) is 1. The van der Waals surface area contributed by atoms with E-state index in [0.717, 1.165) is 41.5 Å². The summed E-state index contributed by atoms with van der Waals surface area (Å²) in [6, 6.07) is 10.8. The van der Waals surface area contributed by atoms with Gasteiger partial charge in [-0.25, -0.2) is 14.6 Å². The molecule has 1 saturated heterocycles. The molecule has 0 radical (unpaired) electrons. The molecule has 8 heteroatoms. The largest absolute Gasteiger partial charge is 0.394 e. The Balaban J connectivity index is 1.38. The highest BCUT2D eigenvalue weighted by Crippen LogP contribution is 2.78. The van der Waals surface area contributed by atoms with Crippen molar-refractivity contribution in [2.45, 2.75) is 30.8 Å². The van der Waals surface area contributed by atoms with Crippen molar-refractivity contribution in [3.63, 3.8) is 0 Å². The molecule has 3 heterocycles. The number of aliphatic hydroxyl groups excluding tert-OH is 1. The summed E-state index contributed by atoms with van der Waals surface area (Å²) < 4.78 is 7.36. The molecule has 3 aliphatic rings. The van der Waals surface area contributed by atoms with Crippen LogP contribution < -0.4 is 4.90 Å². The van der Waals surface area contributed by atoms with Gasteiger partial charge in [0.05, 0.1) is 42.5 Å². The van der Waals surface area contributed by atoms with Crippen LogP contribution in [-0.2, 0) is 10.2 Å². The molecule has 6 rings (SSSR count). The molecule has 152 valence electrons. The fourth-order valence-corrected chi connectivity index (χ4v) is 4.98. The number of fused-ring (bicyclic) bond motifs is 1. The van der Waals surface area contributed by atoms with Crippen LogP contribution in [0.5, 0.6) is 0 Å². The number of hydrogen-bond acceptors (Lipinski definition) is 7. The Morgan fingerprint density at radius 3 is 2.87 bits per heavy atom. The van der Waals surface area contributed by atoms with Gasteiger partial charge < -0.3 is 14.7 Å². The highest BCUT2D eigenvalue weighted by Gasteiger charge is 2.75. The summed E-state index contributed by atoms with van der Waals surface area (Å²) >= 11 is 0. The molecule has 1 spiro atoms. The molecule has 2 unspecified atom stereocenters. The number of morpholine rings is 1. The highest BCUT2D eigenvalue weighted by atomic mass is 16.5. The summed E-state index contributed by atoms with van der Waals surface area (Å²) in [7, 11) is 0. The van der Waals surface area contributed by atoms with Gasteiger partial charge in [-0.3, -0.25) is 0 Å². The first-order valence-electron chi connectivity index (χ1n) is 10.4. The van der Waals surface area contributed by atoms with Crippen LogP contribution in [0.4, 0.5) is 5.82 Å². The van der Waals surface area contributed by atoms with Gasteiger partial charge in [-0.1, -0.05) is 12.1 Å². The Hall–Kier alpha value is -3.02. The second-order valence-electron chi connectivity index (χ2n) is 8.66. The van der Waals surface area contributed by atoms with E-state index in [1.165, 1.54) is 0 Å². The van der Waals surface area contributed by atoms with E-state index < -0.39 is 0 Å². The molecular formula is C22H22N6O2. The van der Waals surface area contributed by atoms with Gasteiger partial charge in [0.1, 0.15) is 12.1 Å². The molecule has 2 atom stereocenters. The summed E-state index contributed by atoms with van der Waals surface area (Å²) in [6.07, 6.45) is 6.44. The maximum atomic E-state index is 9.89. The molecule has 0 bridgehead atoms. The van der Waals surface area contributed by atoms with Crippen molar-refractivity contribution in [1.82, 2.24) is 19.7 Å². The van der Waals surface area contributed by atoms with Crippen LogP contribution in [0, 0.1) is 16.7 Å². The normalized spacial score (nSPS) is 26.7. The van der Waals surface area contributed by atoms with Crippen molar-refractivity contribution in [2.75, 3.05) is 31.2 Å². The second kappa shape index (κ2) is 6.24. The van der Waals surface area contributed by atoms with Crippen LogP contribution >= 0.6 is 0 Å². The Labute approximate surface area is 173 Å². The third-order valence-electron chi connectivity index (χ3n) is 7.01. The molecule has 2 saturated carbocycles. The summed E-state index contributed by atoms with van der Waals surface area (Å²) in [6.45, 7) is 1.84. The number of hydrogen-bond donors (Lipinski definition) is 1. The smallest absolute Gasteiger partial charge is 0.159 e. The SMILES string of the molecule is N#CC1(c2ccc3cnn(-c4cc(N5CCOC(CO)C5)ncn4)c3c2)CC12CC2. The van der Waals surface area contributed by atoms with E-state index in [9.17, 15) is 10.4 Å². The summed E-state index contributed by atoms with van der Waals surface area (Å²) in [5, 5.41) is 24.9. The molecule has 1 N–H and O–H groups in total. The van der Waals surface area contributed by atoms with E-state index in [1.54, 1.807) is 6.33 Å². The predicted octanol–water partition coefficient (Wildman–Crippen LogP) is 1.96. The molecule has 3 aromatic rings. The number of rotatable bonds is 4. The van der Waals surface area contributed by atoms with Crippen LogP contribution in [0.3, 0.4) is 0 Å². The second-order valence-corrected chi connectivity index (χ2v) is 8.66. The number of aliphatic hydroxyl groups is 1. The van der Waals surface area contributed by atoms with E-state index in [2.05, 4.69) is 44.2 Å². The zero-order chi connectivity index (χ0) is 20.3. The Bertz CT molecular complexity index is 1180. The first kappa shape index (κ1) is 17.8. The van der Waals surface area contributed by atoms with Crippen molar-refractivity contribution in [3.05, 3.63) is 42.4 Å². The Kier molecular flexibility index (Phi) is 3.70. The number of aromatic nitrogens is 4. The molecule has 2 aromatic heterocycles. The third kappa shape index (κ3) is 2.49. The molecule has 30 heavy (non-hydrogen) atoms. The third-order valence-corrected chi connectivity index (χ3v) is 7.01. The van der Waals surface area contributed by atoms with Crippen molar-refractivity contribution in [2.24, 2.45) is 5.41 Å². The maximum Gasteiger partial charge on any atom is 0.159 e. The standard InChI is InChI=1S/C22H22N6O2/c23-13-22(12-21(22)3-4-21)16-2-1-15-9-26-28(18(15)7-16)20-8-19(24-14-25-20)27-5-6-30-17(10-27)11-29/h1-2,7-9,14,17,29H,3-6,10-12H2. The zero-order valence-corrected chi connectivity index (χ0v) is 16.5. The number of benzene rings is 1. The van der Waals surface area contributed by atoms with Gasteiger partial charge in [-0.2, -0.15) is 10.4 Å². The number of nitriles is 1. The Morgan fingerprint density at radius 1 is 1.23 bits per heavy atom. The van der Waals surface area contributed by atoms with Gasteiger partial charge in [0.2, 0.25) is 0 Å². The van der Waals surface area contributed by atoms with Crippen molar-refractivity contribution in [1.29, 1.82) is 5.26 Å². The zero-order valence-electron chi connectivity index (χ0n) is 16.5. The average molecular weight is 402 g/mol. The fourth-order valence-electron chi connectivity index (χ4n) is 4.98. The lowest BCUT2D eigenvalue weighted by Crippen LogP contribution is -2.44. The molecule has 1 aromatic carbocycles. The minimum absolute atomic E-state index is 0.0108. The maximum absolute atomic E-state index is 9.89. The Morgan fingerprint density at radius 2 is 2.10 bits per heavy atom. The molecule has 1 aliphatic heterocycles. The first-order valence-corrected chi connectivity index (χ1v) is 10.4. The van der Waals surface area contributed by atoms with Crippen molar-refractivity contribution in [3.8, 4) is 11.9 Å². The number of anilines is 1. The summed E-state index contributed by atoms with van der Waals surface area (Å²) in [5.41, 5.74) is 1.93. The van der Waals surface area contributed by atoms with Crippen LogP contribution in [-0.4, -0.2) is 57.3 Å². The monoisotopic (exact) mass is 402 g/mol. The van der Waals surface area contributed by atoms with Crippen molar-refractivity contribution >= 4 is 16.7 Å². The van der Waals surface area contributed by atoms with Crippen LogP contribution in [0.15, 0.2) is 36.8 Å². The van der Waals surface area contributed by atoms with E-state index in [0.29, 0.717) is 25.5 Å². The van der Waals surface area contributed by atoms with E-state index >= 15 is 0 Å². The van der Waals surface area contributed by atoms with Gasteiger partial charge in [-0.15, -0.1) is 0 Å². The van der Waals surface area contributed by atoms with E-state index in [4.69, 9.17) is 4.74 Å². The first-order chi connectivity index (χ1) is 14.7. The van der Waals surface area contributed by atoms with Crippen LogP contribution in [0.2, 0.25) is 0 Å². The number of nitrogens with zero attached hydrogens (tertiary/aromatic N) is 6. The minimum Gasteiger partial charge on any atom is -0.394 e. The van der Waals surface area contributed by atoms with Gasteiger partial charge in [0.25, 0.3) is 0 Å². The van der Waals surface area contributed by atoms with Crippen molar-refractivity contribution < 1.29 is 9.84 Å². The summed E-state index contributed by atoms with van der Waals surface area (Å²) in [5.74, 6) is 1.47.